The van der Waals surface area contributed by atoms with E-state index in [1.807, 2.05) is 43.3 Å². The van der Waals surface area contributed by atoms with Gasteiger partial charge in [0.1, 0.15) is 5.75 Å². The van der Waals surface area contributed by atoms with Gasteiger partial charge in [-0.05, 0) is 50.1 Å². The maximum Gasteiger partial charge on any atom is 0.251 e. The molecule has 1 atom stereocenters. The van der Waals surface area contributed by atoms with E-state index in [2.05, 4.69) is 34.6 Å². The maximum absolute atomic E-state index is 12.3. The molecule has 30 heavy (non-hydrogen) atoms. The summed E-state index contributed by atoms with van der Waals surface area (Å²) in [5.41, 5.74) is 3.10. The minimum absolute atomic E-state index is 0.0559. The Morgan fingerprint density at radius 3 is 2.70 bits per heavy atom. The van der Waals surface area contributed by atoms with Crippen LogP contribution in [0.1, 0.15) is 40.7 Å². The SMILES string of the molecule is CCNC(=NCCNC(=O)c1cccc(C)c1)N1CCC(c2ccc(OC)cc2)C1. The van der Waals surface area contributed by atoms with Crippen molar-refractivity contribution in [1.29, 1.82) is 0 Å². The Hall–Kier alpha value is -3.02. The normalized spacial score (nSPS) is 16.4. The smallest absolute Gasteiger partial charge is 0.251 e. The number of hydrogen-bond acceptors (Lipinski definition) is 3. The molecular formula is C24H32N4O2. The Kier molecular flexibility index (Phi) is 7.71. The predicted molar refractivity (Wildman–Crippen MR) is 121 cm³/mol. The molecule has 1 heterocycles. The zero-order chi connectivity index (χ0) is 21.3. The first kappa shape index (κ1) is 21.7. The number of amides is 1. The number of aliphatic imine (C=N–C) groups is 1. The molecule has 1 aliphatic rings. The van der Waals surface area contributed by atoms with Crippen molar-refractivity contribution in [3.63, 3.8) is 0 Å². The lowest BCUT2D eigenvalue weighted by Crippen LogP contribution is -2.40. The number of likely N-dealkylation sites (tertiary alicyclic amines) is 1. The molecule has 6 heteroatoms. The summed E-state index contributed by atoms with van der Waals surface area (Å²) >= 11 is 0. The fourth-order valence-electron chi connectivity index (χ4n) is 3.75. The van der Waals surface area contributed by atoms with Gasteiger partial charge in [-0.25, -0.2) is 0 Å². The van der Waals surface area contributed by atoms with Crippen molar-refractivity contribution >= 4 is 11.9 Å². The number of ether oxygens (including phenoxy) is 1. The van der Waals surface area contributed by atoms with Crippen LogP contribution in [-0.4, -0.2) is 56.6 Å². The zero-order valence-corrected chi connectivity index (χ0v) is 18.1. The lowest BCUT2D eigenvalue weighted by Gasteiger charge is -2.22. The van der Waals surface area contributed by atoms with E-state index in [0.717, 1.165) is 43.3 Å². The summed E-state index contributed by atoms with van der Waals surface area (Å²) in [6.45, 7) is 7.84. The third-order valence-corrected chi connectivity index (χ3v) is 5.35. The van der Waals surface area contributed by atoms with Crippen molar-refractivity contribution in [2.24, 2.45) is 4.99 Å². The van der Waals surface area contributed by atoms with E-state index in [9.17, 15) is 4.79 Å². The predicted octanol–water partition coefficient (Wildman–Crippen LogP) is 3.19. The van der Waals surface area contributed by atoms with Gasteiger partial charge >= 0.3 is 0 Å². The summed E-state index contributed by atoms with van der Waals surface area (Å²) in [6.07, 6.45) is 1.10. The Labute approximate surface area is 179 Å². The monoisotopic (exact) mass is 408 g/mol. The molecule has 2 N–H and O–H groups in total. The Morgan fingerprint density at radius 1 is 1.20 bits per heavy atom. The van der Waals surface area contributed by atoms with E-state index in [4.69, 9.17) is 9.73 Å². The highest BCUT2D eigenvalue weighted by molar-refractivity contribution is 5.94. The van der Waals surface area contributed by atoms with Crippen molar-refractivity contribution in [1.82, 2.24) is 15.5 Å². The van der Waals surface area contributed by atoms with Gasteiger partial charge in [-0.3, -0.25) is 9.79 Å². The average Bonchev–Trinajstić information content (AvgIpc) is 3.26. The fourth-order valence-corrected chi connectivity index (χ4v) is 3.75. The first-order valence-corrected chi connectivity index (χ1v) is 10.6. The summed E-state index contributed by atoms with van der Waals surface area (Å²) < 4.78 is 5.26. The van der Waals surface area contributed by atoms with Crippen LogP contribution < -0.4 is 15.4 Å². The van der Waals surface area contributed by atoms with Crippen LogP contribution >= 0.6 is 0 Å². The molecule has 3 rings (SSSR count). The van der Waals surface area contributed by atoms with Crippen LogP contribution in [0.25, 0.3) is 0 Å². The second kappa shape index (κ2) is 10.7. The lowest BCUT2D eigenvalue weighted by atomic mass is 9.98. The standard InChI is InChI=1S/C24H32N4O2/c1-4-25-24(27-14-13-26-23(29)20-7-5-6-18(2)16-20)28-15-12-21(17-28)19-8-10-22(30-3)11-9-19/h5-11,16,21H,4,12-15,17H2,1-3H3,(H,25,27)(H,26,29). The lowest BCUT2D eigenvalue weighted by molar-refractivity contribution is 0.0954. The van der Waals surface area contributed by atoms with Crippen molar-refractivity contribution in [2.75, 3.05) is 39.8 Å². The molecule has 0 aliphatic carbocycles. The maximum atomic E-state index is 12.3. The Morgan fingerprint density at radius 2 is 2.00 bits per heavy atom. The molecule has 0 radical (unpaired) electrons. The molecule has 0 bridgehead atoms. The van der Waals surface area contributed by atoms with Crippen molar-refractivity contribution in [3.8, 4) is 5.75 Å². The van der Waals surface area contributed by atoms with E-state index in [0.29, 0.717) is 24.6 Å². The molecular weight excluding hydrogens is 376 g/mol. The number of nitrogens with one attached hydrogen (secondary N) is 2. The van der Waals surface area contributed by atoms with Crippen LogP contribution in [0.15, 0.2) is 53.5 Å². The fraction of sp³-hybridized carbons (Fsp3) is 0.417. The second-order valence-corrected chi connectivity index (χ2v) is 7.57. The molecule has 0 saturated carbocycles. The van der Waals surface area contributed by atoms with Crippen LogP contribution in [-0.2, 0) is 0 Å². The molecule has 1 amide bonds. The van der Waals surface area contributed by atoms with Crippen LogP contribution in [0, 0.1) is 6.92 Å². The van der Waals surface area contributed by atoms with Gasteiger partial charge in [-0.15, -0.1) is 0 Å². The van der Waals surface area contributed by atoms with E-state index < -0.39 is 0 Å². The summed E-state index contributed by atoms with van der Waals surface area (Å²) in [4.78, 5) is 19.3. The number of benzene rings is 2. The van der Waals surface area contributed by atoms with Gasteiger partial charge in [0.2, 0.25) is 0 Å². The largest absolute Gasteiger partial charge is 0.497 e. The van der Waals surface area contributed by atoms with Gasteiger partial charge in [0.05, 0.1) is 13.7 Å². The average molecular weight is 409 g/mol. The van der Waals surface area contributed by atoms with E-state index in [1.165, 1.54) is 5.56 Å². The van der Waals surface area contributed by atoms with E-state index in [1.54, 1.807) is 7.11 Å². The zero-order valence-electron chi connectivity index (χ0n) is 18.1. The quantitative estimate of drug-likeness (QED) is 0.420. The number of nitrogens with zero attached hydrogens (tertiary/aromatic N) is 2. The molecule has 1 saturated heterocycles. The highest BCUT2D eigenvalue weighted by Crippen LogP contribution is 2.28. The number of hydrogen-bond donors (Lipinski definition) is 2. The number of methoxy groups -OCH3 is 1. The molecule has 2 aromatic carbocycles. The molecule has 160 valence electrons. The number of guanidine groups is 1. The van der Waals surface area contributed by atoms with Crippen molar-refractivity contribution in [3.05, 3.63) is 65.2 Å². The first-order valence-electron chi connectivity index (χ1n) is 10.6. The van der Waals surface area contributed by atoms with Gasteiger partial charge in [0.25, 0.3) is 5.91 Å². The minimum atomic E-state index is -0.0559. The summed E-state index contributed by atoms with van der Waals surface area (Å²) in [7, 11) is 1.69. The first-order chi connectivity index (χ1) is 14.6. The minimum Gasteiger partial charge on any atom is -0.497 e. The Bertz CT molecular complexity index is 864. The van der Waals surface area contributed by atoms with Gasteiger partial charge in [-0.2, -0.15) is 0 Å². The Balaban J connectivity index is 1.53. The van der Waals surface area contributed by atoms with Crippen LogP contribution in [0.3, 0.4) is 0 Å². The summed E-state index contributed by atoms with van der Waals surface area (Å²) in [5, 5.41) is 6.34. The molecule has 0 aromatic heterocycles. The highest BCUT2D eigenvalue weighted by atomic mass is 16.5. The van der Waals surface area contributed by atoms with Gasteiger partial charge in [0, 0.05) is 37.7 Å². The van der Waals surface area contributed by atoms with E-state index in [-0.39, 0.29) is 5.91 Å². The third kappa shape index (κ3) is 5.75. The van der Waals surface area contributed by atoms with Gasteiger partial charge in [-0.1, -0.05) is 29.8 Å². The van der Waals surface area contributed by atoms with Crippen LogP contribution in [0.2, 0.25) is 0 Å². The molecule has 1 unspecified atom stereocenters. The summed E-state index contributed by atoms with van der Waals surface area (Å²) in [5.74, 6) is 2.23. The second-order valence-electron chi connectivity index (χ2n) is 7.57. The van der Waals surface area contributed by atoms with Crippen molar-refractivity contribution in [2.45, 2.75) is 26.2 Å². The van der Waals surface area contributed by atoms with Crippen molar-refractivity contribution < 1.29 is 9.53 Å². The van der Waals surface area contributed by atoms with Crippen LogP contribution in [0.4, 0.5) is 0 Å². The third-order valence-electron chi connectivity index (χ3n) is 5.35. The number of rotatable bonds is 7. The van der Waals surface area contributed by atoms with Gasteiger partial charge in [0.15, 0.2) is 5.96 Å². The van der Waals surface area contributed by atoms with Crippen LogP contribution in [0.5, 0.6) is 5.75 Å². The molecule has 0 spiro atoms. The molecule has 2 aromatic rings. The number of carbonyl (C=O) groups excluding carboxylic acids is 1. The number of carbonyl (C=O) groups is 1. The molecule has 1 aliphatic heterocycles. The van der Waals surface area contributed by atoms with Gasteiger partial charge < -0.3 is 20.3 Å². The van der Waals surface area contributed by atoms with E-state index >= 15 is 0 Å². The summed E-state index contributed by atoms with van der Waals surface area (Å²) in [6, 6.07) is 16.0. The number of aryl methyl sites for hydroxylation is 1. The highest BCUT2D eigenvalue weighted by Gasteiger charge is 2.26. The molecule has 6 nitrogen and oxygen atoms in total. The topological polar surface area (TPSA) is 66.0 Å². The molecule has 1 fully saturated rings.